The average Bonchev–Trinajstić information content (AvgIpc) is 2.61. The van der Waals surface area contributed by atoms with Crippen LogP contribution in [0.3, 0.4) is 0 Å². The van der Waals surface area contributed by atoms with Crippen molar-refractivity contribution in [3.05, 3.63) is 66.7 Å². The fourth-order valence-corrected chi connectivity index (χ4v) is 2.64. The third kappa shape index (κ3) is 2.71. The number of para-hydroxylation sites is 2. The van der Waals surface area contributed by atoms with Crippen LogP contribution in [0.25, 0.3) is 10.8 Å². The van der Waals surface area contributed by atoms with Crippen LogP contribution in [-0.4, -0.2) is 18.6 Å². The molecular weight excluding hydrogens is 290 g/mol. The van der Waals surface area contributed by atoms with Gasteiger partial charge in [-0.2, -0.15) is 0 Å². The Hall–Kier alpha value is -3.01. The van der Waals surface area contributed by atoms with Gasteiger partial charge < -0.3 is 14.8 Å². The molecule has 3 aromatic rings. The molecule has 0 saturated heterocycles. The number of rotatable bonds is 2. The van der Waals surface area contributed by atoms with Gasteiger partial charge in [-0.25, -0.2) is 0 Å². The molecule has 1 unspecified atom stereocenters. The number of hydrogen-bond donors (Lipinski definition) is 1. The van der Waals surface area contributed by atoms with Crippen LogP contribution < -0.4 is 14.8 Å². The summed E-state index contributed by atoms with van der Waals surface area (Å²) < 4.78 is 11.3. The Morgan fingerprint density at radius 2 is 1.65 bits per heavy atom. The van der Waals surface area contributed by atoms with Crippen molar-refractivity contribution in [2.75, 3.05) is 11.9 Å². The minimum absolute atomic E-state index is 0.205. The number of carbonyl (C=O) groups is 1. The number of nitrogens with one attached hydrogen (secondary N) is 1. The lowest BCUT2D eigenvalue weighted by Gasteiger charge is -2.25. The Labute approximate surface area is 133 Å². The predicted molar refractivity (Wildman–Crippen MR) is 88.9 cm³/mol. The molecule has 1 amide bonds. The van der Waals surface area contributed by atoms with Gasteiger partial charge >= 0.3 is 0 Å². The summed E-state index contributed by atoms with van der Waals surface area (Å²) in [5.41, 5.74) is 0.746. The van der Waals surface area contributed by atoms with Crippen molar-refractivity contribution in [3.63, 3.8) is 0 Å². The maximum absolute atomic E-state index is 12.4. The van der Waals surface area contributed by atoms with E-state index < -0.39 is 6.10 Å². The molecule has 4 heteroatoms. The highest BCUT2D eigenvalue weighted by Gasteiger charge is 2.27. The van der Waals surface area contributed by atoms with E-state index in [1.165, 1.54) is 0 Å². The summed E-state index contributed by atoms with van der Waals surface area (Å²) in [5, 5.41) is 5.11. The fourth-order valence-electron chi connectivity index (χ4n) is 2.64. The Morgan fingerprint density at radius 3 is 2.52 bits per heavy atom. The zero-order valence-corrected chi connectivity index (χ0v) is 12.4. The van der Waals surface area contributed by atoms with Crippen LogP contribution in [0, 0.1) is 0 Å². The quantitative estimate of drug-likeness (QED) is 0.786. The van der Waals surface area contributed by atoms with Crippen LogP contribution in [0.4, 0.5) is 5.69 Å². The first-order chi connectivity index (χ1) is 11.3. The first-order valence-corrected chi connectivity index (χ1v) is 7.48. The fraction of sp³-hybridized carbons (Fsp3) is 0.105. The summed E-state index contributed by atoms with van der Waals surface area (Å²) in [7, 11) is 0. The summed E-state index contributed by atoms with van der Waals surface area (Å²) in [4.78, 5) is 12.4. The highest BCUT2D eigenvalue weighted by atomic mass is 16.6. The topological polar surface area (TPSA) is 47.6 Å². The molecule has 1 aliphatic heterocycles. The van der Waals surface area contributed by atoms with Crippen molar-refractivity contribution in [1.29, 1.82) is 0 Å². The summed E-state index contributed by atoms with van der Waals surface area (Å²) in [5.74, 6) is 1.05. The van der Waals surface area contributed by atoms with Gasteiger partial charge in [-0.3, -0.25) is 4.79 Å². The smallest absolute Gasteiger partial charge is 0.269 e. The van der Waals surface area contributed by atoms with Crippen molar-refractivity contribution in [1.82, 2.24) is 0 Å². The Morgan fingerprint density at radius 1 is 0.913 bits per heavy atom. The van der Waals surface area contributed by atoms with Gasteiger partial charge in [0.1, 0.15) is 6.61 Å². The number of fused-ring (bicyclic) bond motifs is 2. The van der Waals surface area contributed by atoms with E-state index in [0.717, 1.165) is 16.5 Å². The molecule has 114 valence electrons. The van der Waals surface area contributed by atoms with Gasteiger partial charge in [-0.1, -0.05) is 42.5 Å². The van der Waals surface area contributed by atoms with E-state index in [1.807, 2.05) is 60.7 Å². The lowest BCUT2D eigenvalue weighted by Crippen LogP contribution is -2.40. The van der Waals surface area contributed by atoms with E-state index in [2.05, 4.69) is 5.32 Å². The van der Waals surface area contributed by atoms with E-state index in [1.54, 1.807) is 6.07 Å². The van der Waals surface area contributed by atoms with Crippen LogP contribution in [0.5, 0.6) is 11.5 Å². The van der Waals surface area contributed by atoms with Crippen LogP contribution >= 0.6 is 0 Å². The molecule has 4 nitrogen and oxygen atoms in total. The molecule has 0 aromatic heterocycles. The van der Waals surface area contributed by atoms with Crippen LogP contribution in [0.2, 0.25) is 0 Å². The van der Waals surface area contributed by atoms with Gasteiger partial charge in [0.15, 0.2) is 11.5 Å². The summed E-state index contributed by atoms with van der Waals surface area (Å²) in [6.07, 6.45) is -0.656. The van der Waals surface area contributed by atoms with Gasteiger partial charge in [0, 0.05) is 5.69 Å². The molecule has 0 spiro atoms. The van der Waals surface area contributed by atoms with Crippen molar-refractivity contribution in [2.24, 2.45) is 0 Å². The molecule has 0 bridgehead atoms. The van der Waals surface area contributed by atoms with E-state index in [4.69, 9.17) is 9.47 Å². The molecule has 1 atom stereocenters. The minimum Gasteiger partial charge on any atom is -0.485 e. The van der Waals surface area contributed by atoms with Crippen LogP contribution in [-0.2, 0) is 4.79 Å². The normalized spacial score (nSPS) is 16.1. The third-order valence-corrected chi connectivity index (χ3v) is 3.82. The van der Waals surface area contributed by atoms with E-state index >= 15 is 0 Å². The monoisotopic (exact) mass is 305 g/mol. The summed E-state index contributed by atoms with van der Waals surface area (Å²) in [6.45, 7) is 0.205. The van der Waals surface area contributed by atoms with Gasteiger partial charge in [0.25, 0.3) is 5.91 Å². The summed E-state index contributed by atoms with van der Waals surface area (Å²) in [6, 6.07) is 21.2. The average molecular weight is 305 g/mol. The first-order valence-electron chi connectivity index (χ1n) is 7.48. The van der Waals surface area contributed by atoms with Crippen molar-refractivity contribution >= 4 is 22.4 Å². The third-order valence-electron chi connectivity index (χ3n) is 3.82. The molecule has 3 aromatic carbocycles. The number of carbonyl (C=O) groups excluding carboxylic acids is 1. The van der Waals surface area contributed by atoms with Crippen molar-refractivity contribution < 1.29 is 14.3 Å². The predicted octanol–water partition coefficient (Wildman–Crippen LogP) is 3.62. The SMILES string of the molecule is O=C(Nc1ccc2ccccc2c1)C1COc2ccccc2O1. The minimum atomic E-state index is -0.656. The second-order valence-corrected chi connectivity index (χ2v) is 5.42. The number of amides is 1. The molecule has 0 saturated carbocycles. The Bertz CT molecular complexity index is 875. The zero-order valence-electron chi connectivity index (χ0n) is 12.4. The molecule has 0 radical (unpaired) electrons. The van der Waals surface area contributed by atoms with Crippen molar-refractivity contribution in [2.45, 2.75) is 6.10 Å². The molecule has 0 fully saturated rings. The van der Waals surface area contributed by atoms with Crippen LogP contribution in [0.15, 0.2) is 66.7 Å². The van der Waals surface area contributed by atoms with Gasteiger partial charge in [0.05, 0.1) is 0 Å². The van der Waals surface area contributed by atoms with Crippen molar-refractivity contribution in [3.8, 4) is 11.5 Å². The second kappa shape index (κ2) is 5.65. The van der Waals surface area contributed by atoms with E-state index in [-0.39, 0.29) is 12.5 Å². The highest BCUT2D eigenvalue weighted by Crippen LogP contribution is 2.31. The van der Waals surface area contributed by atoms with Gasteiger partial charge in [0.2, 0.25) is 6.10 Å². The van der Waals surface area contributed by atoms with Gasteiger partial charge in [-0.15, -0.1) is 0 Å². The molecule has 1 heterocycles. The van der Waals surface area contributed by atoms with Crippen LogP contribution in [0.1, 0.15) is 0 Å². The molecule has 23 heavy (non-hydrogen) atoms. The largest absolute Gasteiger partial charge is 0.485 e. The standard InChI is InChI=1S/C19H15NO3/c21-19(18-12-22-16-7-3-4-8-17(16)23-18)20-15-10-9-13-5-1-2-6-14(13)11-15/h1-11,18H,12H2,(H,20,21). The highest BCUT2D eigenvalue weighted by molar-refractivity contribution is 5.97. The summed E-state index contributed by atoms with van der Waals surface area (Å²) >= 11 is 0. The Kier molecular flexibility index (Phi) is 3.35. The maximum Gasteiger partial charge on any atom is 0.269 e. The zero-order chi connectivity index (χ0) is 15.6. The molecule has 1 N–H and O–H groups in total. The van der Waals surface area contributed by atoms with E-state index in [0.29, 0.717) is 11.5 Å². The number of anilines is 1. The van der Waals surface area contributed by atoms with E-state index in [9.17, 15) is 4.79 Å². The lowest BCUT2D eigenvalue weighted by molar-refractivity contribution is -0.125. The molecule has 0 aliphatic carbocycles. The second-order valence-electron chi connectivity index (χ2n) is 5.42. The molecular formula is C19H15NO3. The lowest BCUT2D eigenvalue weighted by atomic mass is 10.1. The first kappa shape index (κ1) is 13.6. The van der Waals surface area contributed by atoms with Gasteiger partial charge in [-0.05, 0) is 35.0 Å². The maximum atomic E-state index is 12.4. The molecule has 1 aliphatic rings. The number of hydrogen-bond acceptors (Lipinski definition) is 3. The Balaban J connectivity index is 1.51. The number of benzene rings is 3. The molecule has 4 rings (SSSR count). The number of ether oxygens (including phenoxy) is 2.